The zero-order valence-electron chi connectivity index (χ0n) is 12.5. The molecule has 1 aromatic carbocycles. The van der Waals surface area contributed by atoms with E-state index in [9.17, 15) is 9.18 Å². The number of amides is 1. The molecule has 0 spiro atoms. The predicted octanol–water partition coefficient (Wildman–Crippen LogP) is 3.12. The standard InChI is InChI=1S/C17H19FN2O/c1-12-8-9-13(10-19-12)11-20-16(21)17(2,3)14-6-4-5-7-15(14)18/h4-10H,11H2,1-3H3,(H,20,21). The van der Waals surface area contributed by atoms with Crippen LogP contribution in [0.1, 0.15) is 30.7 Å². The van der Waals surface area contributed by atoms with Crippen LogP contribution in [0.2, 0.25) is 0 Å². The van der Waals surface area contributed by atoms with Gasteiger partial charge in [0.05, 0.1) is 5.41 Å². The third-order valence-electron chi connectivity index (χ3n) is 3.54. The van der Waals surface area contributed by atoms with Gasteiger partial charge in [-0.2, -0.15) is 0 Å². The molecule has 21 heavy (non-hydrogen) atoms. The van der Waals surface area contributed by atoms with E-state index in [0.29, 0.717) is 12.1 Å². The summed E-state index contributed by atoms with van der Waals surface area (Å²) in [4.78, 5) is 16.5. The van der Waals surface area contributed by atoms with Crippen molar-refractivity contribution in [3.05, 3.63) is 65.2 Å². The van der Waals surface area contributed by atoms with E-state index < -0.39 is 5.41 Å². The molecule has 3 nitrogen and oxygen atoms in total. The van der Waals surface area contributed by atoms with Gasteiger partial charge in [-0.3, -0.25) is 9.78 Å². The van der Waals surface area contributed by atoms with Gasteiger partial charge in [0.2, 0.25) is 5.91 Å². The molecule has 1 amide bonds. The van der Waals surface area contributed by atoms with Crippen molar-refractivity contribution < 1.29 is 9.18 Å². The molecule has 1 aromatic heterocycles. The Hall–Kier alpha value is -2.23. The SMILES string of the molecule is Cc1ccc(CNC(=O)C(C)(C)c2ccccc2F)cn1. The number of pyridine rings is 1. The van der Waals surface area contributed by atoms with Crippen molar-refractivity contribution in [3.63, 3.8) is 0 Å². The van der Waals surface area contributed by atoms with Gasteiger partial charge in [-0.25, -0.2) is 4.39 Å². The van der Waals surface area contributed by atoms with Gasteiger partial charge in [0, 0.05) is 24.0 Å². The Bertz CT molecular complexity index is 635. The lowest BCUT2D eigenvalue weighted by atomic mass is 9.83. The van der Waals surface area contributed by atoms with E-state index in [1.165, 1.54) is 6.07 Å². The molecule has 0 radical (unpaired) electrons. The van der Waals surface area contributed by atoms with Crippen molar-refractivity contribution in [3.8, 4) is 0 Å². The Kier molecular flexibility index (Phi) is 4.36. The maximum absolute atomic E-state index is 13.9. The summed E-state index contributed by atoms with van der Waals surface area (Å²) < 4.78 is 13.9. The van der Waals surface area contributed by atoms with E-state index in [1.54, 1.807) is 38.2 Å². The van der Waals surface area contributed by atoms with Gasteiger partial charge in [0.25, 0.3) is 0 Å². The summed E-state index contributed by atoms with van der Waals surface area (Å²) >= 11 is 0. The fourth-order valence-electron chi connectivity index (χ4n) is 2.10. The average Bonchev–Trinajstić information content (AvgIpc) is 2.46. The predicted molar refractivity (Wildman–Crippen MR) is 80.2 cm³/mol. The molecule has 2 rings (SSSR count). The van der Waals surface area contributed by atoms with Crippen molar-refractivity contribution in [1.82, 2.24) is 10.3 Å². The van der Waals surface area contributed by atoms with Crippen LogP contribution in [0.15, 0.2) is 42.6 Å². The molecule has 1 N–H and O–H groups in total. The second kappa shape index (κ2) is 6.04. The van der Waals surface area contributed by atoms with Crippen LogP contribution < -0.4 is 5.32 Å². The molecule has 1 heterocycles. The van der Waals surface area contributed by atoms with Crippen molar-refractivity contribution >= 4 is 5.91 Å². The van der Waals surface area contributed by atoms with E-state index in [1.807, 2.05) is 19.1 Å². The largest absolute Gasteiger partial charge is 0.351 e. The Morgan fingerprint density at radius 2 is 1.95 bits per heavy atom. The topological polar surface area (TPSA) is 42.0 Å². The van der Waals surface area contributed by atoms with Crippen molar-refractivity contribution in [2.24, 2.45) is 0 Å². The fourth-order valence-corrected chi connectivity index (χ4v) is 2.10. The van der Waals surface area contributed by atoms with E-state index in [4.69, 9.17) is 0 Å². The molecule has 0 saturated carbocycles. The lowest BCUT2D eigenvalue weighted by Gasteiger charge is -2.24. The number of hydrogen-bond donors (Lipinski definition) is 1. The molecule has 0 aliphatic carbocycles. The number of halogens is 1. The van der Waals surface area contributed by atoms with Crippen LogP contribution in [-0.4, -0.2) is 10.9 Å². The summed E-state index contributed by atoms with van der Waals surface area (Å²) in [5.41, 5.74) is 1.31. The number of benzene rings is 1. The van der Waals surface area contributed by atoms with Gasteiger partial charge in [-0.05, 0) is 38.5 Å². The van der Waals surface area contributed by atoms with Gasteiger partial charge >= 0.3 is 0 Å². The lowest BCUT2D eigenvalue weighted by Crippen LogP contribution is -2.40. The quantitative estimate of drug-likeness (QED) is 0.938. The Morgan fingerprint density at radius 1 is 1.24 bits per heavy atom. The normalized spacial score (nSPS) is 11.2. The Morgan fingerprint density at radius 3 is 2.57 bits per heavy atom. The monoisotopic (exact) mass is 286 g/mol. The molecular weight excluding hydrogens is 267 g/mol. The first-order chi connectivity index (χ1) is 9.91. The van der Waals surface area contributed by atoms with E-state index in [2.05, 4.69) is 10.3 Å². The highest BCUT2D eigenvalue weighted by Crippen LogP contribution is 2.25. The molecule has 110 valence electrons. The van der Waals surface area contributed by atoms with Crippen LogP contribution in [0.5, 0.6) is 0 Å². The van der Waals surface area contributed by atoms with Crippen LogP contribution in [0.4, 0.5) is 4.39 Å². The minimum Gasteiger partial charge on any atom is -0.351 e. The number of nitrogens with one attached hydrogen (secondary N) is 1. The minimum atomic E-state index is -0.927. The number of hydrogen-bond acceptors (Lipinski definition) is 2. The molecule has 0 bridgehead atoms. The number of aromatic nitrogens is 1. The molecule has 0 fully saturated rings. The number of nitrogens with zero attached hydrogens (tertiary/aromatic N) is 1. The molecule has 0 aliphatic heterocycles. The summed E-state index contributed by atoms with van der Waals surface area (Å²) in [6.07, 6.45) is 1.73. The summed E-state index contributed by atoms with van der Waals surface area (Å²) in [6.45, 7) is 5.72. The van der Waals surface area contributed by atoms with E-state index in [0.717, 1.165) is 11.3 Å². The van der Waals surface area contributed by atoms with Gasteiger partial charge in [-0.15, -0.1) is 0 Å². The minimum absolute atomic E-state index is 0.215. The van der Waals surface area contributed by atoms with Crippen molar-refractivity contribution in [2.75, 3.05) is 0 Å². The first-order valence-electron chi connectivity index (χ1n) is 6.86. The third kappa shape index (κ3) is 3.45. The highest BCUT2D eigenvalue weighted by atomic mass is 19.1. The van der Waals surface area contributed by atoms with E-state index >= 15 is 0 Å². The lowest BCUT2D eigenvalue weighted by molar-refractivity contribution is -0.125. The van der Waals surface area contributed by atoms with Crippen LogP contribution >= 0.6 is 0 Å². The molecule has 2 aromatic rings. The smallest absolute Gasteiger partial charge is 0.230 e. The van der Waals surface area contributed by atoms with Crippen LogP contribution in [-0.2, 0) is 16.8 Å². The number of carbonyl (C=O) groups excluding carboxylic acids is 1. The first kappa shape index (κ1) is 15.2. The maximum atomic E-state index is 13.9. The zero-order valence-corrected chi connectivity index (χ0v) is 12.5. The van der Waals surface area contributed by atoms with Gasteiger partial charge < -0.3 is 5.32 Å². The number of carbonyl (C=O) groups is 1. The number of aryl methyl sites for hydroxylation is 1. The molecular formula is C17H19FN2O. The van der Waals surface area contributed by atoms with Gasteiger partial charge in [0.15, 0.2) is 0 Å². The van der Waals surface area contributed by atoms with Crippen LogP contribution in [0, 0.1) is 12.7 Å². The van der Waals surface area contributed by atoms with Gasteiger partial charge in [-0.1, -0.05) is 24.3 Å². The Balaban J connectivity index is 2.08. The summed E-state index contributed by atoms with van der Waals surface area (Å²) in [5.74, 6) is -0.581. The second-order valence-corrected chi connectivity index (χ2v) is 5.60. The maximum Gasteiger partial charge on any atom is 0.230 e. The number of rotatable bonds is 4. The molecule has 4 heteroatoms. The average molecular weight is 286 g/mol. The van der Waals surface area contributed by atoms with Crippen LogP contribution in [0.25, 0.3) is 0 Å². The zero-order chi connectivity index (χ0) is 15.5. The van der Waals surface area contributed by atoms with E-state index in [-0.39, 0.29) is 11.7 Å². The molecule has 0 saturated heterocycles. The second-order valence-electron chi connectivity index (χ2n) is 5.60. The third-order valence-corrected chi connectivity index (χ3v) is 3.54. The molecule has 0 unspecified atom stereocenters. The first-order valence-corrected chi connectivity index (χ1v) is 6.86. The molecule has 0 aliphatic rings. The van der Waals surface area contributed by atoms with Crippen molar-refractivity contribution in [1.29, 1.82) is 0 Å². The Labute approximate surface area is 124 Å². The summed E-state index contributed by atoms with van der Waals surface area (Å²) in [5, 5.41) is 2.84. The highest BCUT2D eigenvalue weighted by molar-refractivity contribution is 5.87. The van der Waals surface area contributed by atoms with Gasteiger partial charge in [0.1, 0.15) is 5.82 Å². The molecule has 0 atom stereocenters. The van der Waals surface area contributed by atoms with Crippen molar-refractivity contribution in [2.45, 2.75) is 32.7 Å². The highest BCUT2D eigenvalue weighted by Gasteiger charge is 2.31. The van der Waals surface area contributed by atoms with Crippen LogP contribution in [0.3, 0.4) is 0 Å². The summed E-state index contributed by atoms with van der Waals surface area (Å²) in [6, 6.07) is 10.2. The fraction of sp³-hybridized carbons (Fsp3) is 0.294. The summed E-state index contributed by atoms with van der Waals surface area (Å²) in [7, 11) is 0.